The summed E-state index contributed by atoms with van der Waals surface area (Å²) in [6, 6.07) is 8.12. The highest BCUT2D eigenvalue weighted by molar-refractivity contribution is 8.00. The number of anilines is 1. The maximum Gasteiger partial charge on any atom is 0.228 e. The van der Waals surface area contributed by atoms with Gasteiger partial charge in [0.1, 0.15) is 0 Å². The van der Waals surface area contributed by atoms with E-state index in [0.717, 1.165) is 18.5 Å². The van der Waals surface area contributed by atoms with Crippen LogP contribution < -0.4 is 11.1 Å². The molecular formula is C17H26N2OS. The van der Waals surface area contributed by atoms with Gasteiger partial charge in [-0.15, -0.1) is 11.8 Å². The molecular weight excluding hydrogens is 280 g/mol. The molecule has 2 rings (SSSR count). The van der Waals surface area contributed by atoms with Crippen molar-refractivity contribution in [2.45, 2.75) is 55.6 Å². The molecule has 0 aliphatic heterocycles. The van der Waals surface area contributed by atoms with E-state index in [9.17, 15) is 4.79 Å². The summed E-state index contributed by atoms with van der Waals surface area (Å²) < 4.78 is 0. The highest BCUT2D eigenvalue weighted by Gasteiger charge is 2.20. The maximum absolute atomic E-state index is 12.3. The number of rotatable bonds is 7. The van der Waals surface area contributed by atoms with Crippen LogP contribution in [0.2, 0.25) is 0 Å². The van der Waals surface area contributed by atoms with Crippen molar-refractivity contribution in [3.8, 4) is 0 Å². The Hall–Kier alpha value is -1.00. The summed E-state index contributed by atoms with van der Waals surface area (Å²) in [6.07, 6.45) is 7.06. The second-order valence-electron chi connectivity index (χ2n) is 5.73. The van der Waals surface area contributed by atoms with Crippen LogP contribution in [0.4, 0.5) is 5.69 Å². The number of hydrogen-bond acceptors (Lipinski definition) is 3. The number of nitrogens with one attached hydrogen (secondary N) is 1. The number of hydrogen-bond donors (Lipinski definition) is 2. The Morgan fingerprint density at radius 1 is 1.38 bits per heavy atom. The molecule has 0 aromatic heterocycles. The van der Waals surface area contributed by atoms with Crippen LogP contribution in [0.3, 0.4) is 0 Å². The molecule has 3 nitrogen and oxygen atoms in total. The van der Waals surface area contributed by atoms with E-state index in [1.54, 1.807) is 0 Å². The van der Waals surface area contributed by atoms with Crippen molar-refractivity contribution in [1.82, 2.24) is 0 Å². The Kier molecular flexibility index (Phi) is 6.58. The van der Waals surface area contributed by atoms with Crippen LogP contribution in [0.25, 0.3) is 0 Å². The number of carbonyl (C=O) groups is 1. The molecule has 4 heteroatoms. The van der Waals surface area contributed by atoms with Crippen molar-refractivity contribution < 1.29 is 4.79 Å². The maximum atomic E-state index is 12.3. The molecule has 0 spiro atoms. The standard InChI is InChI=1S/C17H26N2OS/c1-2-7-13(12-18)17(20)19-15-10-5-6-11-16(15)21-14-8-3-4-9-14/h5-6,10-11,13-14H,2-4,7-9,12,18H2,1H3,(H,19,20). The molecule has 1 aromatic carbocycles. The second kappa shape index (κ2) is 8.44. The summed E-state index contributed by atoms with van der Waals surface area (Å²) in [5.41, 5.74) is 6.66. The van der Waals surface area contributed by atoms with E-state index in [1.165, 1.54) is 30.6 Å². The van der Waals surface area contributed by atoms with E-state index < -0.39 is 0 Å². The van der Waals surface area contributed by atoms with Gasteiger partial charge in [-0.2, -0.15) is 0 Å². The zero-order valence-corrected chi connectivity index (χ0v) is 13.6. The van der Waals surface area contributed by atoms with Gasteiger partial charge in [0.25, 0.3) is 0 Å². The Morgan fingerprint density at radius 2 is 2.10 bits per heavy atom. The van der Waals surface area contributed by atoms with Crippen LogP contribution in [0.15, 0.2) is 29.2 Å². The van der Waals surface area contributed by atoms with Crippen LogP contribution in [-0.2, 0) is 4.79 Å². The molecule has 1 aromatic rings. The fraction of sp³-hybridized carbons (Fsp3) is 0.588. The lowest BCUT2D eigenvalue weighted by atomic mass is 10.0. The summed E-state index contributed by atoms with van der Waals surface area (Å²) in [5, 5.41) is 3.78. The Labute approximate surface area is 132 Å². The fourth-order valence-electron chi connectivity index (χ4n) is 2.80. The Balaban J connectivity index is 2.03. The molecule has 1 fully saturated rings. The fourth-order valence-corrected chi connectivity index (χ4v) is 4.13. The monoisotopic (exact) mass is 306 g/mol. The molecule has 3 N–H and O–H groups in total. The van der Waals surface area contributed by atoms with Crippen LogP contribution in [0, 0.1) is 5.92 Å². The molecule has 1 saturated carbocycles. The van der Waals surface area contributed by atoms with Gasteiger partial charge < -0.3 is 11.1 Å². The topological polar surface area (TPSA) is 55.1 Å². The van der Waals surface area contributed by atoms with Crippen molar-refractivity contribution >= 4 is 23.4 Å². The molecule has 1 amide bonds. The molecule has 1 aliphatic rings. The summed E-state index contributed by atoms with van der Waals surface area (Å²) in [5.74, 6) is -0.0293. The molecule has 1 atom stereocenters. The van der Waals surface area contributed by atoms with Gasteiger partial charge in [-0.25, -0.2) is 0 Å². The molecule has 116 valence electrons. The molecule has 1 unspecified atom stereocenters. The van der Waals surface area contributed by atoms with Gasteiger partial charge >= 0.3 is 0 Å². The van der Waals surface area contributed by atoms with Crippen molar-refractivity contribution in [2.75, 3.05) is 11.9 Å². The number of nitrogens with two attached hydrogens (primary N) is 1. The van der Waals surface area contributed by atoms with E-state index in [-0.39, 0.29) is 11.8 Å². The molecule has 21 heavy (non-hydrogen) atoms. The van der Waals surface area contributed by atoms with Gasteiger partial charge in [0.2, 0.25) is 5.91 Å². The van der Waals surface area contributed by atoms with Crippen molar-refractivity contribution in [3.63, 3.8) is 0 Å². The minimum atomic E-state index is -0.0838. The lowest BCUT2D eigenvalue weighted by molar-refractivity contribution is -0.119. The minimum Gasteiger partial charge on any atom is -0.330 e. The predicted molar refractivity (Wildman–Crippen MR) is 90.6 cm³/mol. The van der Waals surface area contributed by atoms with Crippen molar-refractivity contribution in [1.29, 1.82) is 0 Å². The summed E-state index contributed by atoms with van der Waals surface area (Å²) in [6.45, 7) is 2.50. The van der Waals surface area contributed by atoms with E-state index in [0.29, 0.717) is 11.8 Å². The lowest BCUT2D eigenvalue weighted by Crippen LogP contribution is -2.29. The van der Waals surface area contributed by atoms with Gasteiger partial charge in [0, 0.05) is 16.7 Å². The predicted octanol–water partition coefficient (Wildman–Crippen LogP) is 4.03. The molecule has 0 heterocycles. The first-order valence-corrected chi connectivity index (χ1v) is 8.89. The Morgan fingerprint density at radius 3 is 2.76 bits per heavy atom. The third kappa shape index (κ3) is 4.75. The first-order chi connectivity index (χ1) is 10.2. The Bertz CT molecular complexity index is 458. The van der Waals surface area contributed by atoms with Gasteiger partial charge in [0.05, 0.1) is 11.6 Å². The average Bonchev–Trinajstić information content (AvgIpc) is 2.99. The van der Waals surface area contributed by atoms with E-state index in [4.69, 9.17) is 5.73 Å². The number of carbonyl (C=O) groups excluding carboxylic acids is 1. The second-order valence-corrected chi connectivity index (χ2v) is 7.07. The van der Waals surface area contributed by atoms with Gasteiger partial charge in [0.15, 0.2) is 0 Å². The normalized spacial score (nSPS) is 16.9. The van der Waals surface area contributed by atoms with Gasteiger partial charge in [-0.3, -0.25) is 4.79 Å². The van der Waals surface area contributed by atoms with Crippen molar-refractivity contribution in [3.05, 3.63) is 24.3 Å². The van der Waals surface area contributed by atoms with E-state index >= 15 is 0 Å². The van der Waals surface area contributed by atoms with Gasteiger partial charge in [-0.1, -0.05) is 38.3 Å². The third-order valence-electron chi connectivity index (χ3n) is 4.03. The number of thioether (sulfide) groups is 1. The molecule has 0 saturated heterocycles. The minimum absolute atomic E-state index is 0.0545. The van der Waals surface area contributed by atoms with E-state index in [2.05, 4.69) is 18.3 Å². The average molecular weight is 306 g/mol. The summed E-state index contributed by atoms with van der Waals surface area (Å²) in [4.78, 5) is 13.5. The van der Waals surface area contributed by atoms with Crippen LogP contribution >= 0.6 is 11.8 Å². The van der Waals surface area contributed by atoms with Crippen LogP contribution in [-0.4, -0.2) is 17.7 Å². The van der Waals surface area contributed by atoms with E-state index in [1.807, 2.05) is 30.0 Å². The number of benzene rings is 1. The van der Waals surface area contributed by atoms with Crippen molar-refractivity contribution in [2.24, 2.45) is 11.7 Å². The highest BCUT2D eigenvalue weighted by atomic mass is 32.2. The van der Waals surface area contributed by atoms with Gasteiger partial charge in [-0.05, 0) is 31.4 Å². The largest absolute Gasteiger partial charge is 0.330 e. The van der Waals surface area contributed by atoms with Crippen LogP contribution in [0.5, 0.6) is 0 Å². The zero-order valence-electron chi connectivity index (χ0n) is 12.8. The molecule has 0 bridgehead atoms. The summed E-state index contributed by atoms with van der Waals surface area (Å²) >= 11 is 1.91. The number of amides is 1. The zero-order chi connectivity index (χ0) is 15.1. The quantitative estimate of drug-likeness (QED) is 0.799. The molecule has 1 aliphatic carbocycles. The third-order valence-corrected chi connectivity index (χ3v) is 5.45. The highest BCUT2D eigenvalue weighted by Crippen LogP contribution is 2.38. The first-order valence-electron chi connectivity index (χ1n) is 8.01. The smallest absolute Gasteiger partial charge is 0.228 e. The molecule has 0 radical (unpaired) electrons. The van der Waals surface area contributed by atoms with Crippen LogP contribution in [0.1, 0.15) is 45.4 Å². The first kappa shape index (κ1) is 16.4. The lowest BCUT2D eigenvalue weighted by Gasteiger charge is -2.17. The SMILES string of the molecule is CCCC(CN)C(=O)Nc1ccccc1SC1CCCC1. The number of para-hydroxylation sites is 1. The summed E-state index contributed by atoms with van der Waals surface area (Å²) in [7, 11) is 0.